The Hall–Kier alpha value is -1.02. The lowest BCUT2D eigenvalue weighted by Crippen LogP contribution is -2.27. The fourth-order valence-corrected chi connectivity index (χ4v) is 2.27. The van der Waals surface area contributed by atoms with E-state index in [0.29, 0.717) is 12.1 Å². The van der Waals surface area contributed by atoms with Gasteiger partial charge in [-0.3, -0.25) is 0 Å². The highest BCUT2D eigenvalue weighted by molar-refractivity contribution is 5.39. The van der Waals surface area contributed by atoms with Crippen LogP contribution in [-0.4, -0.2) is 12.6 Å². The first-order valence-corrected chi connectivity index (χ1v) is 6.16. The molecule has 88 valence electrons. The maximum Gasteiger partial charge on any atom is 0.124 e. The van der Waals surface area contributed by atoms with E-state index in [9.17, 15) is 0 Å². The fourth-order valence-electron chi connectivity index (χ4n) is 2.27. The van der Waals surface area contributed by atoms with Crippen LogP contribution in [-0.2, 0) is 0 Å². The van der Waals surface area contributed by atoms with E-state index in [-0.39, 0.29) is 0 Å². The predicted molar refractivity (Wildman–Crippen MR) is 66.9 cm³/mol. The number of hydrogen-bond donors (Lipinski definition) is 1. The van der Waals surface area contributed by atoms with Gasteiger partial charge in [0, 0.05) is 17.6 Å². The van der Waals surface area contributed by atoms with Crippen LogP contribution >= 0.6 is 0 Å². The molecule has 0 saturated carbocycles. The summed E-state index contributed by atoms with van der Waals surface area (Å²) in [5, 5.41) is 3.63. The summed E-state index contributed by atoms with van der Waals surface area (Å²) < 4.78 is 5.78. The van der Waals surface area contributed by atoms with E-state index >= 15 is 0 Å². The van der Waals surface area contributed by atoms with E-state index in [2.05, 4.69) is 44.3 Å². The summed E-state index contributed by atoms with van der Waals surface area (Å²) >= 11 is 0. The van der Waals surface area contributed by atoms with E-state index in [1.54, 1.807) is 0 Å². The van der Waals surface area contributed by atoms with Gasteiger partial charge in [0.15, 0.2) is 0 Å². The Morgan fingerprint density at radius 2 is 2.19 bits per heavy atom. The fraction of sp³-hybridized carbons (Fsp3) is 0.571. The zero-order valence-corrected chi connectivity index (χ0v) is 10.4. The van der Waals surface area contributed by atoms with Crippen LogP contribution in [0.1, 0.15) is 43.9 Å². The molecule has 0 aromatic heterocycles. The summed E-state index contributed by atoms with van der Waals surface area (Å²) in [5.74, 6) is 1.06. The molecule has 0 fully saturated rings. The van der Waals surface area contributed by atoms with Gasteiger partial charge in [-0.1, -0.05) is 31.5 Å². The predicted octanol–water partition coefficient (Wildman–Crippen LogP) is 3.21. The molecule has 2 heteroatoms. The van der Waals surface area contributed by atoms with Crippen molar-refractivity contribution in [3.8, 4) is 5.75 Å². The Morgan fingerprint density at radius 1 is 1.38 bits per heavy atom. The monoisotopic (exact) mass is 219 g/mol. The number of ether oxygens (including phenoxy) is 1. The minimum atomic E-state index is 0.442. The quantitative estimate of drug-likeness (QED) is 0.824. The number of benzene rings is 1. The van der Waals surface area contributed by atoms with Crippen LogP contribution in [0.3, 0.4) is 0 Å². The second-order valence-electron chi connectivity index (χ2n) is 4.91. The van der Waals surface area contributed by atoms with Crippen molar-refractivity contribution in [3.05, 3.63) is 29.3 Å². The van der Waals surface area contributed by atoms with Gasteiger partial charge in [-0.05, 0) is 25.8 Å². The second-order valence-corrected chi connectivity index (χ2v) is 4.91. The van der Waals surface area contributed by atoms with Gasteiger partial charge in [0.25, 0.3) is 0 Å². The third kappa shape index (κ3) is 2.56. The number of hydrogen-bond acceptors (Lipinski definition) is 2. The summed E-state index contributed by atoms with van der Waals surface area (Å²) in [7, 11) is 0. The Bertz CT molecular complexity index is 360. The Morgan fingerprint density at radius 3 is 2.94 bits per heavy atom. The van der Waals surface area contributed by atoms with Crippen molar-refractivity contribution in [1.82, 2.24) is 5.32 Å². The first kappa shape index (κ1) is 11.5. The van der Waals surface area contributed by atoms with E-state index in [4.69, 9.17) is 4.74 Å². The smallest absolute Gasteiger partial charge is 0.124 e. The molecule has 1 heterocycles. The number of aryl methyl sites for hydroxylation is 1. The normalized spacial score (nSPS) is 20.1. The van der Waals surface area contributed by atoms with Crippen molar-refractivity contribution in [2.75, 3.05) is 6.61 Å². The number of fused-ring (bicyclic) bond motifs is 1. The molecule has 0 aliphatic carbocycles. The Kier molecular flexibility index (Phi) is 3.49. The summed E-state index contributed by atoms with van der Waals surface area (Å²) in [6.45, 7) is 7.37. The van der Waals surface area contributed by atoms with Gasteiger partial charge >= 0.3 is 0 Å². The Labute approximate surface area is 98.0 Å². The SMILES string of the molecule is Cc1ccc2c(c1)C(NC(C)C)CCCO2. The Balaban J connectivity index is 2.31. The zero-order chi connectivity index (χ0) is 11.5. The lowest BCUT2D eigenvalue weighted by molar-refractivity contribution is 0.314. The average Bonchev–Trinajstić information content (AvgIpc) is 2.41. The summed E-state index contributed by atoms with van der Waals surface area (Å²) in [6.07, 6.45) is 2.28. The molecule has 0 spiro atoms. The third-order valence-corrected chi connectivity index (χ3v) is 2.97. The molecule has 2 nitrogen and oxygen atoms in total. The van der Waals surface area contributed by atoms with Crippen LogP contribution < -0.4 is 10.1 Å². The highest BCUT2D eigenvalue weighted by Gasteiger charge is 2.19. The minimum absolute atomic E-state index is 0.442. The van der Waals surface area contributed by atoms with Crippen LogP contribution in [0.25, 0.3) is 0 Å². The van der Waals surface area contributed by atoms with E-state index in [1.165, 1.54) is 11.1 Å². The highest BCUT2D eigenvalue weighted by Crippen LogP contribution is 2.32. The maximum absolute atomic E-state index is 5.78. The van der Waals surface area contributed by atoms with Crippen molar-refractivity contribution in [3.63, 3.8) is 0 Å². The van der Waals surface area contributed by atoms with Gasteiger partial charge < -0.3 is 10.1 Å². The van der Waals surface area contributed by atoms with Gasteiger partial charge in [0.05, 0.1) is 6.61 Å². The molecule has 0 radical (unpaired) electrons. The molecule has 16 heavy (non-hydrogen) atoms. The molecule has 1 atom stereocenters. The summed E-state index contributed by atoms with van der Waals surface area (Å²) in [4.78, 5) is 0. The first-order chi connectivity index (χ1) is 7.66. The van der Waals surface area contributed by atoms with Crippen LogP contribution in [0, 0.1) is 6.92 Å². The van der Waals surface area contributed by atoms with E-state index < -0.39 is 0 Å². The molecule has 0 amide bonds. The molecule has 2 rings (SSSR count). The highest BCUT2D eigenvalue weighted by atomic mass is 16.5. The third-order valence-electron chi connectivity index (χ3n) is 2.97. The van der Waals surface area contributed by atoms with Crippen LogP contribution in [0.2, 0.25) is 0 Å². The molecule has 1 N–H and O–H groups in total. The first-order valence-electron chi connectivity index (χ1n) is 6.16. The van der Waals surface area contributed by atoms with Crippen molar-refractivity contribution < 1.29 is 4.74 Å². The summed E-state index contributed by atoms with van der Waals surface area (Å²) in [5.41, 5.74) is 2.63. The van der Waals surface area contributed by atoms with Crippen molar-refractivity contribution >= 4 is 0 Å². The molecular formula is C14H21NO. The molecule has 0 saturated heterocycles. The van der Waals surface area contributed by atoms with E-state index in [1.807, 2.05) is 0 Å². The van der Waals surface area contributed by atoms with Crippen LogP contribution in [0.4, 0.5) is 0 Å². The number of rotatable bonds is 2. The van der Waals surface area contributed by atoms with Gasteiger partial charge in [0.1, 0.15) is 5.75 Å². The molecule has 0 bridgehead atoms. The average molecular weight is 219 g/mol. The molecule has 1 aliphatic heterocycles. The van der Waals surface area contributed by atoms with Crippen molar-refractivity contribution in [2.45, 2.75) is 45.7 Å². The second kappa shape index (κ2) is 4.88. The van der Waals surface area contributed by atoms with Gasteiger partial charge in [0.2, 0.25) is 0 Å². The van der Waals surface area contributed by atoms with Crippen LogP contribution in [0.5, 0.6) is 5.75 Å². The lowest BCUT2D eigenvalue weighted by Gasteiger charge is -2.21. The van der Waals surface area contributed by atoms with Gasteiger partial charge in [-0.15, -0.1) is 0 Å². The molecule has 1 aliphatic rings. The minimum Gasteiger partial charge on any atom is -0.493 e. The van der Waals surface area contributed by atoms with Gasteiger partial charge in [-0.2, -0.15) is 0 Å². The topological polar surface area (TPSA) is 21.3 Å². The van der Waals surface area contributed by atoms with E-state index in [0.717, 1.165) is 25.2 Å². The zero-order valence-electron chi connectivity index (χ0n) is 10.4. The molecular weight excluding hydrogens is 198 g/mol. The molecule has 1 unspecified atom stereocenters. The standard InChI is InChI=1S/C14H21NO/c1-10(2)15-13-5-4-8-16-14-7-6-11(3)9-12(13)14/h6-7,9-10,13,15H,4-5,8H2,1-3H3. The lowest BCUT2D eigenvalue weighted by atomic mass is 9.99. The molecule has 1 aromatic rings. The molecule has 1 aromatic carbocycles. The van der Waals surface area contributed by atoms with Crippen LogP contribution in [0.15, 0.2) is 18.2 Å². The maximum atomic E-state index is 5.78. The van der Waals surface area contributed by atoms with Gasteiger partial charge in [-0.25, -0.2) is 0 Å². The number of nitrogens with one attached hydrogen (secondary N) is 1. The largest absolute Gasteiger partial charge is 0.493 e. The van der Waals surface area contributed by atoms with Crippen molar-refractivity contribution in [2.24, 2.45) is 0 Å². The summed E-state index contributed by atoms with van der Waals surface area (Å²) in [6, 6.07) is 7.43. The van der Waals surface area contributed by atoms with Crippen molar-refractivity contribution in [1.29, 1.82) is 0 Å².